The fraction of sp³-hybridized carbons (Fsp3) is 0.500. The summed E-state index contributed by atoms with van der Waals surface area (Å²) >= 11 is 0. The lowest BCUT2D eigenvalue weighted by atomic mass is 9.95. The number of carbonyl (C=O) groups excluding carboxylic acids is 1. The van der Waals surface area contributed by atoms with E-state index in [9.17, 15) is 9.18 Å². The van der Waals surface area contributed by atoms with E-state index in [1.165, 1.54) is 11.5 Å². The Bertz CT molecular complexity index is 531. The molecule has 0 saturated carbocycles. The van der Waals surface area contributed by atoms with Gasteiger partial charge in [0.15, 0.2) is 0 Å². The molecule has 0 bridgehead atoms. The maximum Gasteiger partial charge on any atom is 0.274 e. The average Bonchev–Trinajstić information content (AvgIpc) is 2.42. The molecule has 0 spiro atoms. The van der Waals surface area contributed by atoms with E-state index < -0.39 is 5.91 Å². The molecule has 108 valence electrons. The van der Waals surface area contributed by atoms with Gasteiger partial charge in [-0.3, -0.25) is 14.9 Å². The Balaban J connectivity index is 1.77. The number of amides is 1. The zero-order chi connectivity index (χ0) is 14.1. The van der Waals surface area contributed by atoms with Crippen molar-refractivity contribution in [3.63, 3.8) is 0 Å². The molecular weight excluding hydrogens is 263 g/mol. The number of nitrogens with zero attached hydrogens (tertiary/aromatic N) is 1. The van der Waals surface area contributed by atoms with Crippen LogP contribution in [0, 0.1) is 11.7 Å². The molecule has 1 aromatic rings. The van der Waals surface area contributed by atoms with Gasteiger partial charge in [0.25, 0.3) is 5.91 Å². The molecule has 5 nitrogen and oxygen atoms in total. The van der Waals surface area contributed by atoms with Crippen molar-refractivity contribution in [3.05, 3.63) is 34.6 Å². The standard InChI is InChI=1S/C14H17FN2O3/c15-13-4-11(14(18)16-19)3-10-1-2-17(6-12(10)13)5-9-7-20-8-9/h3-4,9,19H,1-2,5-8H2,(H,16,18). The second-order valence-corrected chi connectivity index (χ2v) is 5.43. The van der Waals surface area contributed by atoms with E-state index in [1.807, 2.05) is 0 Å². The number of rotatable bonds is 3. The van der Waals surface area contributed by atoms with E-state index in [0.29, 0.717) is 24.4 Å². The van der Waals surface area contributed by atoms with Crippen LogP contribution < -0.4 is 5.48 Å². The first kappa shape index (κ1) is 13.5. The summed E-state index contributed by atoms with van der Waals surface area (Å²) in [6.45, 7) is 3.94. The largest absolute Gasteiger partial charge is 0.381 e. The van der Waals surface area contributed by atoms with Gasteiger partial charge in [-0.1, -0.05) is 0 Å². The molecule has 2 aliphatic heterocycles. The van der Waals surface area contributed by atoms with Gasteiger partial charge in [-0.25, -0.2) is 9.87 Å². The first-order chi connectivity index (χ1) is 9.67. The van der Waals surface area contributed by atoms with Crippen LogP contribution in [-0.4, -0.2) is 42.3 Å². The number of nitrogens with one attached hydrogen (secondary N) is 1. The molecule has 6 heteroatoms. The van der Waals surface area contributed by atoms with Crippen molar-refractivity contribution in [1.29, 1.82) is 0 Å². The highest BCUT2D eigenvalue weighted by Gasteiger charge is 2.26. The van der Waals surface area contributed by atoms with Crippen molar-refractivity contribution in [3.8, 4) is 0 Å². The highest BCUT2D eigenvalue weighted by Crippen LogP contribution is 2.25. The lowest BCUT2D eigenvalue weighted by Gasteiger charge is -2.35. The van der Waals surface area contributed by atoms with Crippen LogP contribution in [0.3, 0.4) is 0 Å². The Labute approximate surface area is 116 Å². The van der Waals surface area contributed by atoms with Crippen LogP contribution in [0.2, 0.25) is 0 Å². The maximum absolute atomic E-state index is 14.1. The summed E-state index contributed by atoms with van der Waals surface area (Å²) < 4.78 is 19.3. The molecule has 0 radical (unpaired) electrons. The summed E-state index contributed by atoms with van der Waals surface area (Å²) in [7, 11) is 0. The van der Waals surface area contributed by atoms with Gasteiger partial charge in [0, 0.05) is 36.7 Å². The highest BCUT2D eigenvalue weighted by molar-refractivity contribution is 5.93. The molecule has 1 aromatic carbocycles. The smallest absolute Gasteiger partial charge is 0.274 e. The molecule has 1 fully saturated rings. The van der Waals surface area contributed by atoms with Crippen LogP contribution in [-0.2, 0) is 17.7 Å². The van der Waals surface area contributed by atoms with E-state index >= 15 is 0 Å². The zero-order valence-electron chi connectivity index (χ0n) is 11.1. The van der Waals surface area contributed by atoms with Crippen molar-refractivity contribution in [1.82, 2.24) is 10.4 Å². The van der Waals surface area contributed by atoms with Crippen LogP contribution in [0.1, 0.15) is 21.5 Å². The van der Waals surface area contributed by atoms with E-state index in [1.54, 1.807) is 6.07 Å². The minimum atomic E-state index is -0.680. The predicted molar refractivity (Wildman–Crippen MR) is 68.9 cm³/mol. The Morgan fingerprint density at radius 2 is 2.30 bits per heavy atom. The number of fused-ring (bicyclic) bond motifs is 1. The number of ether oxygens (including phenoxy) is 1. The molecule has 0 aliphatic carbocycles. The van der Waals surface area contributed by atoms with Crippen molar-refractivity contribution in [2.24, 2.45) is 5.92 Å². The summed E-state index contributed by atoms with van der Waals surface area (Å²) in [4.78, 5) is 13.6. The van der Waals surface area contributed by atoms with Crippen LogP contribution in [0.4, 0.5) is 4.39 Å². The van der Waals surface area contributed by atoms with E-state index in [4.69, 9.17) is 9.94 Å². The third-order valence-electron chi connectivity index (χ3n) is 3.95. The quantitative estimate of drug-likeness (QED) is 0.639. The molecular formula is C14H17FN2O3. The van der Waals surface area contributed by atoms with E-state index in [-0.39, 0.29) is 11.4 Å². The molecule has 2 N–H and O–H groups in total. The van der Waals surface area contributed by atoms with Crippen molar-refractivity contribution >= 4 is 5.91 Å². The molecule has 2 aliphatic rings. The molecule has 1 saturated heterocycles. The van der Waals surface area contributed by atoms with Crippen molar-refractivity contribution in [2.45, 2.75) is 13.0 Å². The second-order valence-electron chi connectivity index (χ2n) is 5.43. The van der Waals surface area contributed by atoms with Crippen molar-refractivity contribution in [2.75, 3.05) is 26.3 Å². The molecule has 1 amide bonds. The van der Waals surface area contributed by atoms with Gasteiger partial charge in [0.2, 0.25) is 0 Å². The summed E-state index contributed by atoms with van der Waals surface area (Å²) in [5, 5.41) is 8.62. The highest BCUT2D eigenvalue weighted by atomic mass is 19.1. The lowest BCUT2D eigenvalue weighted by molar-refractivity contribution is -0.0481. The van der Waals surface area contributed by atoms with Gasteiger partial charge in [0.05, 0.1) is 13.2 Å². The van der Waals surface area contributed by atoms with Gasteiger partial charge >= 0.3 is 0 Å². The minimum Gasteiger partial charge on any atom is -0.381 e. The number of hydroxylamine groups is 1. The van der Waals surface area contributed by atoms with Gasteiger partial charge in [-0.15, -0.1) is 0 Å². The summed E-state index contributed by atoms with van der Waals surface area (Å²) in [5.41, 5.74) is 3.20. The van der Waals surface area contributed by atoms with Crippen LogP contribution in [0.25, 0.3) is 0 Å². The predicted octanol–water partition coefficient (Wildman–Crippen LogP) is 0.949. The molecule has 0 atom stereocenters. The maximum atomic E-state index is 14.1. The molecule has 20 heavy (non-hydrogen) atoms. The summed E-state index contributed by atoms with van der Waals surface area (Å²) in [6, 6.07) is 2.84. The SMILES string of the molecule is O=C(NO)c1cc(F)c2c(c1)CCN(CC1COC1)C2. The summed E-state index contributed by atoms with van der Waals surface area (Å²) in [5.74, 6) is -0.504. The number of hydrogen-bond donors (Lipinski definition) is 2. The minimum absolute atomic E-state index is 0.157. The third kappa shape index (κ3) is 2.54. The Kier molecular flexibility index (Phi) is 3.69. The van der Waals surface area contributed by atoms with Crippen LogP contribution in [0.15, 0.2) is 12.1 Å². The molecule has 0 unspecified atom stereocenters. The fourth-order valence-corrected chi connectivity index (χ4v) is 2.78. The zero-order valence-corrected chi connectivity index (χ0v) is 11.1. The average molecular weight is 280 g/mol. The normalized spacial score (nSPS) is 19.3. The fourth-order valence-electron chi connectivity index (χ4n) is 2.78. The van der Waals surface area contributed by atoms with Crippen LogP contribution in [0.5, 0.6) is 0 Å². The topological polar surface area (TPSA) is 61.8 Å². The lowest BCUT2D eigenvalue weighted by Crippen LogP contribution is -2.41. The van der Waals surface area contributed by atoms with Crippen LogP contribution >= 0.6 is 0 Å². The molecule has 2 heterocycles. The molecule has 0 aromatic heterocycles. The number of benzene rings is 1. The third-order valence-corrected chi connectivity index (χ3v) is 3.95. The van der Waals surface area contributed by atoms with E-state index in [0.717, 1.165) is 31.9 Å². The van der Waals surface area contributed by atoms with Gasteiger partial charge in [0.1, 0.15) is 5.82 Å². The van der Waals surface area contributed by atoms with E-state index in [2.05, 4.69) is 4.90 Å². The number of hydrogen-bond acceptors (Lipinski definition) is 4. The summed E-state index contributed by atoms with van der Waals surface area (Å²) in [6.07, 6.45) is 0.715. The van der Waals surface area contributed by atoms with Gasteiger partial charge < -0.3 is 4.74 Å². The van der Waals surface area contributed by atoms with Crippen molar-refractivity contribution < 1.29 is 19.1 Å². The number of carbonyl (C=O) groups is 1. The Morgan fingerprint density at radius 1 is 1.50 bits per heavy atom. The van der Waals surface area contributed by atoms with Gasteiger partial charge in [-0.05, 0) is 24.1 Å². The Hall–Kier alpha value is -1.50. The Morgan fingerprint density at radius 3 is 2.95 bits per heavy atom. The second kappa shape index (κ2) is 5.47. The van der Waals surface area contributed by atoms with Gasteiger partial charge in [-0.2, -0.15) is 0 Å². The molecule has 3 rings (SSSR count). The first-order valence-electron chi connectivity index (χ1n) is 6.73. The monoisotopic (exact) mass is 280 g/mol. The first-order valence-corrected chi connectivity index (χ1v) is 6.73. The number of halogens is 1.